The topological polar surface area (TPSA) is 73.0 Å². The number of halogens is 3. The molecule has 0 radical (unpaired) electrons. The molecule has 0 saturated carbocycles. The summed E-state index contributed by atoms with van der Waals surface area (Å²) in [7, 11) is 0. The van der Waals surface area contributed by atoms with E-state index in [1.165, 1.54) is 0 Å². The largest absolute Gasteiger partial charge is 0.469 e. The Morgan fingerprint density at radius 1 is 1.17 bits per heavy atom. The Morgan fingerprint density at radius 3 is 2.60 bits per heavy atom. The van der Waals surface area contributed by atoms with Gasteiger partial charge in [0.2, 0.25) is 5.95 Å². The van der Waals surface area contributed by atoms with E-state index in [1.807, 2.05) is 19.1 Å². The molecule has 0 saturated heterocycles. The summed E-state index contributed by atoms with van der Waals surface area (Å²) in [4.78, 5) is 16.8. The van der Waals surface area contributed by atoms with Gasteiger partial charge < -0.3 is 9.73 Å². The van der Waals surface area contributed by atoms with Gasteiger partial charge in [-0.05, 0) is 31.0 Å². The fraction of sp³-hybridized carbons (Fsp3) is 0.286. The summed E-state index contributed by atoms with van der Waals surface area (Å²) in [6.07, 6.45) is -2.50. The van der Waals surface area contributed by atoms with Crippen molar-refractivity contribution in [1.29, 1.82) is 0 Å². The van der Waals surface area contributed by atoms with Gasteiger partial charge in [-0.1, -0.05) is 29.8 Å². The number of carbonyl (C=O) groups is 1. The number of nitrogens with one attached hydrogen (secondary N) is 1. The number of ketones is 1. The summed E-state index contributed by atoms with van der Waals surface area (Å²) in [5, 5.41) is 6.64. The van der Waals surface area contributed by atoms with Crippen LogP contribution in [-0.2, 0) is 11.0 Å². The Balaban J connectivity index is 1.64. The SMILES string of the molecule is Cc1ccc([C@H]2C3=C(C[C@H](c4ccco4)CC3=O)Nc3nc(C(F)(F)F)nn32)cc1. The summed E-state index contributed by atoms with van der Waals surface area (Å²) >= 11 is 0. The Hall–Kier alpha value is -3.36. The van der Waals surface area contributed by atoms with Gasteiger partial charge in [-0.2, -0.15) is 18.2 Å². The van der Waals surface area contributed by atoms with Crippen molar-refractivity contribution in [3.05, 3.63) is 76.6 Å². The first-order valence-corrected chi connectivity index (χ1v) is 9.48. The van der Waals surface area contributed by atoms with Crippen molar-refractivity contribution >= 4 is 11.7 Å². The van der Waals surface area contributed by atoms with Crippen molar-refractivity contribution in [2.45, 2.75) is 37.9 Å². The number of hydrogen-bond donors (Lipinski definition) is 1. The van der Waals surface area contributed by atoms with Gasteiger partial charge in [0.25, 0.3) is 5.82 Å². The molecule has 3 heterocycles. The summed E-state index contributed by atoms with van der Waals surface area (Å²) in [6.45, 7) is 1.92. The van der Waals surface area contributed by atoms with Crippen molar-refractivity contribution in [1.82, 2.24) is 14.8 Å². The van der Waals surface area contributed by atoms with E-state index in [0.717, 1.165) is 10.2 Å². The van der Waals surface area contributed by atoms with Gasteiger partial charge in [0.1, 0.15) is 11.8 Å². The first-order chi connectivity index (χ1) is 14.3. The van der Waals surface area contributed by atoms with Crippen LogP contribution in [0.3, 0.4) is 0 Å². The normalized spacial score (nSPS) is 21.3. The minimum atomic E-state index is -4.69. The number of alkyl halides is 3. The zero-order valence-electron chi connectivity index (χ0n) is 15.9. The number of aromatic nitrogens is 3. The van der Waals surface area contributed by atoms with E-state index in [9.17, 15) is 18.0 Å². The average Bonchev–Trinajstić information content (AvgIpc) is 3.36. The van der Waals surface area contributed by atoms with Crippen LogP contribution in [0.25, 0.3) is 0 Å². The van der Waals surface area contributed by atoms with Crippen molar-refractivity contribution in [2.24, 2.45) is 0 Å². The molecule has 0 fully saturated rings. The molecule has 1 N–H and O–H groups in total. The zero-order chi connectivity index (χ0) is 21.0. The zero-order valence-corrected chi connectivity index (χ0v) is 15.9. The standard InChI is InChI=1S/C21H17F3N4O2/c1-11-4-6-12(7-5-11)18-17-14(9-13(10-15(17)29)16-3-2-8-30-16)25-20-26-19(21(22,23)24)27-28(18)20/h2-8,13,18H,9-10H2,1H3,(H,25,26,27)/t13-,18-/m0/s1. The van der Waals surface area contributed by atoms with Gasteiger partial charge in [0.15, 0.2) is 5.78 Å². The third-order valence-corrected chi connectivity index (χ3v) is 5.51. The van der Waals surface area contributed by atoms with Crippen LogP contribution in [0.15, 0.2) is 58.3 Å². The van der Waals surface area contributed by atoms with Gasteiger partial charge >= 0.3 is 6.18 Å². The molecule has 3 aromatic rings. The Labute approximate surface area is 169 Å². The molecule has 0 unspecified atom stereocenters. The second kappa shape index (κ2) is 6.58. The van der Waals surface area contributed by atoms with Crippen LogP contribution in [0.4, 0.5) is 19.1 Å². The predicted octanol–water partition coefficient (Wildman–Crippen LogP) is 4.61. The van der Waals surface area contributed by atoms with Gasteiger partial charge in [-0.25, -0.2) is 4.68 Å². The lowest BCUT2D eigenvalue weighted by Gasteiger charge is -2.34. The van der Waals surface area contributed by atoms with Gasteiger partial charge in [0.05, 0.1) is 6.26 Å². The lowest BCUT2D eigenvalue weighted by Crippen LogP contribution is -2.33. The number of Topliss-reactive ketones (excluding diaryl/α,β-unsaturated/α-hetero) is 1. The molecule has 0 amide bonds. The molecular weight excluding hydrogens is 397 g/mol. The Bertz CT molecular complexity index is 1140. The van der Waals surface area contributed by atoms with E-state index >= 15 is 0 Å². The number of fused-ring (bicyclic) bond motifs is 1. The Morgan fingerprint density at radius 2 is 1.93 bits per heavy atom. The maximum atomic E-state index is 13.3. The van der Waals surface area contributed by atoms with Crippen LogP contribution >= 0.6 is 0 Å². The molecule has 2 atom stereocenters. The minimum Gasteiger partial charge on any atom is -0.469 e. The van der Waals surface area contributed by atoms with Crippen LogP contribution in [-0.4, -0.2) is 20.5 Å². The van der Waals surface area contributed by atoms with Gasteiger partial charge in [0, 0.05) is 23.6 Å². The van der Waals surface area contributed by atoms with Gasteiger partial charge in [-0.3, -0.25) is 4.79 Å². The third-order valence-electron chi connectivity index (χ3n) is 5.51. The molecule has 1 aliphatic carbocycles. The fourth-order valence-corrected chi connectivity index (χ4v) is 4.11. The number of carbonyl (C=O) groups excluding carboxylic acids is 1. The monoisotopic (exact) mass is 414 g/mol. The highest BCUT2D eigenvalue weighted by Gasteiger charge is 2.43. The highest BCUT2D eigenvalue weighted by molar-refractivity contribution is 6.00. The number of nitrogens with zero attached hydrogens (tertiary/aromatic N) is 3. The molecule has 2 aliphatic rings. The number of hydrogen-bond acceptors (Lipinski definition) is 5. The maximum absolute atomic E-state index is 13.3. The molecule has 5 rings (SSSR count). The molecule has 1 aliphatic heterocycles. The van der Waals surface area contributed by atoms with Crippen molar-refractivity contribution < 1.29 is 22.4 Å². The van der Waals surface area contributed by atoms with E-state index in [1.54, 1.807) is 30.5 Å². The quantitative estimate of drug-likeness (QED) is 0.663. The molecule has 0 bridgehead atoms. The highest BCUT2D eigenvalue weighted by Crippen LogP contribution is 2.44. The molecule has 1 aromatic carbocycles. The van der Waals surface area contributed by atoms with E-state index in [2.05, 4.69) is 15.4 Å². The summed E-state index contributed by atoms with van der Waals surface area (Å²) in [6, 6.07) is 10.1. The molecule has 9 heteroatoms. The number of furan rings is 1. The number of aryl methyl sites for hydroxylation is 1. The first-order valence-electron chi connectivity index (χ1n) is 9.48. The minimum absolute atomic E-state index is 0.0282. The molecule has 0 spiro atoms. The second-order valence-electron chi connectivity index (χ2n) is 7.58. The van der Waals surface area contributed by atoms with Crippen molar-refractivity contribution in [2.75, 3.05) is 5.32 Å². The van der Waals surface area contributed by atoms with Crippen LogP contribution in [0.5, 0.6) is 0 Å². The maximum Gasteiger partial charge on any atom is 0.453 e. The van der Waals surface area contributed by atoms with E-state index in [4.69, 9.17) is 4.42 Å². The smallest absolute Gasteiger partial charge is 0.453 e. The average molecular weight is 414 g/mol. The van der Waals surface area contributed by atoms with Crippen LogP contribution < -0.4 is 5.32 Å². The predicted molar refractivity (Wildman–Crippen MR) is 101 cm³/mol. The Kier molecular flexibility index (Phi) is 4.09. The van der Waals surface area contributed by atoms with E-state index in [0.29, 0.717) is 29.0 Å². The van der Waals surface area contributed by atoms with Gasteiger partial charge in [-0.15, -0.1) is 5.10 Å². The van der Waals surface area contributed by atoms with Crippen molar-refractivity contribution in [3.8, 4) is 0 Å². The van der Waals surface area contributed by atoms with Crippen molar-refractivity contribution in [3.63, 3.8) is 0 Å². The van der Waals surface area contributed by atoms with E-state index in [-0.39, 0.29) is 24.1 Å². The highest BCUT2D eigenvalue weighted by atomic mass is 19.4. The molecule has 30 heavy (non-hydrogen) atoms. The lowest BCUT2D eigenvalue weighted by atomic mass is 9.79. The molecular formula is C21H17F3N4O2. The molecule has 2 aromatic heterocycles. The van der Waals surface area contributed by atoms with Crippen LogP contribution in [0, 0.1) is 6.92 Å². The molecule has 154 valence electrons. The number of benzene rings is 1. The number of allylic oxidation sites excluding steroid dienone is 2. The first kappa shape index (κ1) is 18.7. The summed E-state index contributed by atoms with van der Waals surface area (Å²) < 4.78 is 46.5. The second-order valence-corrected chi connectivity index (χ2v) is 7.58. The number of rotatable bonds is 2. The molecule has 6 nitrogen and oxygen atoms in total. The number of anilines is 1. The summed E-state index contributed by atoms with van der Waals surface area (Å²) in [5.41, 5.74) is 2.67. The third kappa shape index (κ3) is 3.01. The van der Waals surface area contributed by atoms with Crippen LogP contribution in [0.1, 0.15) is 47.5 Å². The fourth-order valence-electron chi connectivity index (χ4n) is 4.11. The van der Waals surface area contributed by atoms with Crippen LogP contribution in [0.2, 0.25) is 0 Å². The van der Waals surface area contributed by atoms with E-state index < -0.39 is 18.0 Å². The summed E-state index contributed by atoms with van der Waals surface area (Å²) in [5.74, 6) is -0.928. The lowest BCUT2D eigenvalue weighted by molar-refractivity contribution is -0.145.